The van der Waals surface area contributed by atoms with Gasteiger partial charge in [-0.05, 0) is 51.0 Å². The topological polar surface area (TPSA) is 75.4 Å². The van der Waals surface area contributed by atoms with Crippen LogP contribution in [0.4, 0.5) is 5.69 Å². The van der Waals surface area contributed by atoms with Crippen LogP contribution in [0.25, 0.3) is 0 Å². The van der Waals surface area contributed by atoms with Crippen LogP contribution in [0.5, 0.6) is 0 Å². The van der Waals surface area contributed by atoms with E-state index in [9.17, 15) is 9.59 Å². The van der Waals surface area contributed by atoms with Crippen molar-refractivity contribution in [1.29, 1.82) is 0 Å². The molecule has 1 fully saturated rings. The number of carbonyl (C=O) groups is 2. The highest BCUT2D eigenvalue weighted by molar-refractivity contribution is 5.97. The van der Waals surface area contributed by atoms with Crippen LogP contribution in [0.15, 0.2) is 24.3 Å². The van der Waals surface area contributed by atoms with E-state index in [4.69, 9.17) is 5.73 Å². The van der Waals surface area contributed by atoms with Crippen molar-refractivity contribution in [1.82, 2.24) is 4.90 Å². The third-order valence-electron chi connectivity index (χ3n) is 3.91. The Morgan fingerprint density at radius 3 is 2.29 bits per heavy atom. The van der Waals surface area contributed by atoms with Crippen LogP contribution in [0.2, 0.25) is 0 Å². The number of amides is 2. The minimum absolute atomic E-state index is 0.0627. The predicted octanol–water partition coefficient (Wildman–Crippen LogP) is 1.85. The maximum absolute atomic E-state index is 12.2. The van der Waals surface area contributed by atoms with Crippen molar-refractivity contribution in [3.8, 4) is 0 Å². The highest BCUT2D eigenvalue weighted by Gasteiger charge is 2.26. The molecule has 1 aliphatic rings. The quantitative estimate of drug-likeness (QED) is 0.888. The molecule has 21 heavy (non-hydrogen) atoms. The minimum atomic E-state index is -0.607. The number of carbonyl (C=O) groups excluding carboxylic acids is 2. The average molecular weight is 289 g/mol. The molecule has 2 amide bonds. The van der Waals surface area contributed by atoms with E-state index in [1.807, 2.05) is 4.90 Å². The van der Waals surface area contributed by atoms with E-state index in [1.54, 1.807) is 38.1 Å². The molecule has 0 aromatic heterocycles. The van der Waals surface area contributed by atoms with Gasteiger partial charge in [0.25, 0.3) is 5.91 Å². The van der Waals surface area contributed by atoms with Gasteiger partial charge in [-0.1, -0.05) is 0 Å². The summed E-state index contributed by atoms with van der Waals surface area (Å²) in [5.74, 6) is -0.0590. The first kappa shape index (κ1) is 15.5. The first-order chi connectivity index (χ1) is 9.94. The molecule has 0 radical (unpaired) electrons. The molecule has 0 saturated carbocycles. The molecule has 0 unspecified atom stereocenters. The smallest absolute Gasteiger partial charge is 0.253 e. The van der Waals surface area contributed by atoms with Crippen LogP contribution < -0.4 is 11.1 Å². The van der Waals surface area contributed by atoms with Crippen LogP contribution in [0.3, 0.4) is 0 Å². The second-order valence-corrected chi connectivity index (χ2v) is 6.12. The van der Waals surface area contributed by atoms with E-state index in [0.717, 1.165) is 25.9 Å². The zero-order valence-corrected chi connectivity index (χ0v) is 12.7. The van der Waals surface area contributed by atoms with Crippen molar-refractivity contribution in [3.63, 3.8) is 0 Å². The largest absolute Gasteiger partial charge is 0.339 e. The van der Waals surface area contributed by atoms with Crippen LogP contribution in [0, 0.1) is 5.41 Å². The SMILES string of the molecule is CC(C)(CN)C(=O)Nc1ccc(C(=O)N2CCCC2)cc1. The fourth-order valence-electron chi connectivity index (χ4n) is 2.19. The van der Waals surface area contributed by atoms with Crippen LogP contribution >= 0.6 is 0 Å². The van der Waals surface area contributed by atoms with Gasteiger partial charge in [0.1, 0.15) is 0 Å². The zero-order valence-electron chi connectivity index (χ0n) is 12.7. The normalized spacial score (nSPS) is 15.1. The van der Waals surface area contributed by atoms with Crippen molar-refractivity contribution in [2.45, 2.75) is 26.7 Å². The van der Waals surface area contributed by atoms with Gasteiger partial charge in [0.15, 0.2) is 0 Å². The third-order valence-corrected chi connectivity index (χ3v) is 3.91. The molecule has 1 heterocycles. The Morgan fingerprint density at radius 2 is 1.76 bits per heavy atom. The third kappa shape index (κ3) is 3.61. The Morgan fingerprint density at radius 1 is 1.19 bits per heavy atom. The van der Waals surface area contributed by atoms with Crippen molar-refractivity contribution in [2.24, 2.45) is 11.1 Å². The summed E-state index contributed by atoms with van der Waals surface area (Å²) in [4.78, 5) is 26.1. The summed E-state index contributed by atoms with van der Waals surface area (Å²) in [6.07, 6.45) is 2.15. The number of hydrogen-bond acceptors (Lipinski definition) is 3. The van der Waals surface area contributed by atoms with Crippen molar-refractivity contribution >= 4 is 17.5 Å². The molecule has 5 nitrogen and oxygen atoms in total. The Balaban J connectivity index is 2.02. The number of likely N-dealkylation sites (tertiary alicyclic amines) is 1. The highest BCUT2D eigenvalue weighted by Crippen LogP contribution is 2.19. The zero-order chi connectivity index (χ0) is 15.5. The van der Waals surface area contributed by atoms with E-state index in [2.05, 4.69) is 5.32 Å². The maximum atomic E-state index is 12.2. The molecule has 0 aliphatic carbocycles. The van der Waals surface area contributed by atoms with E-state index in [0.29, 0.717) is 11.3 Å². The number of nitrogens with one attached hydrogen (secondary N) is 1. The Labute approximate surface area is 125 Å². The van der Waals surface area contributed by atoms with Gasteiger partial charge in [-0.25, -0.2) is 0 Å². The average Bonchev–Trinajstić information content (AvgIpc) is 3.01. The van der Waals surface area contributed by atoms with Gasteiger partial charge in [0, 0.05) is 30.9 Å². The lowest BCUT2D eigenvalue weighted by Crippen LogP contribution is -2.37. The monoisotopic (exact) mass is 289 g/mol. The molecule has 0 bridgehead atoms. The fraction of sp³-hybridized carbons (Fsp3) is 0.500. The second-order valence-electron chi connectivity index (χ2n) is 6.12. The Bertz CT molecular complexity index is 517. The van der Waals surface area contributed by atoms with E-state index >= 15 is 0 Å². The highest BCUT2D eigenvalue weighted by atomic mass is 16.2. The van der Waals surface area contributed by atoms with Crippen molar-refractivity contribution in [2.75, 3.05) is 25.0 Å². The molecule has 1 aliphatic heterocycles. The molecule has 5 heteroatoms. The summed E-state index contributed by atoms with van der Waals surface area (Å²) in [5, 5.41) is 2.82. The molecular weight excluding hydrogens is 266 g/mol. The number of benzene rings is 1. The van der Waals surface area contributed by atoms with Gasteiger partial charge in [0.05, 0.1) is 5.41 Å². The summed E-state index contributed by atoms with van der Waals surface area (Å²) in [6, 6.07) is 7.03. The summed E-state index contributed by atoms with van der Waals surface area (Å²) in [5.41, 5.74) is 6.32. The van der Waals surface area contributed by atoms with Gasteiger partial charge in [0.2, 0.25) is 5.91 Å². The number of rotatable bonds is 4. The molecular formula is C16H23N3O2. The first-order valence-corrected chi connectivity index (χ1v) is 7.35. The fourth-order valence-corrected chi connectivity index (χ4v) is 2.19. The summed E-state index contributed by atoms with van der Waals surface area (Å²) < 4.78 is 0. The second kappa shape index (κ2) is 6.26. The molecule has 3 N–H and O–H groups in total. The van der Waals surface area contributed by atoms with Gasteiger partial charge in [-0.15, -0.1) is 0 Å². The summed E-state index contributed by atoms with van der Waals surface area (Å²) >= 11 is 0. The molecule has 1 aromatic rings. The number of nitrogens with zero attached hydrogens (tertiary/aromatic N) is 1. The van der Waals surface area contributed by atoms with E-state index in [1.165, 1.54) is 0 Å². The van der Waals surface area contributed by atoms with Gasteiger partial charge in [-0.3, -0.25) is 9.59 Å². The summed E-state index contributed by atoms with van der Waals surface area (Å²) in [6.45, 7) is 5.55. The first-order valence-electron chi connectivity index (χ1n) is 7.35. The lowest BCUT2D eigenvalue weighted by molar-refractivity contribution is -0.123. The van der Waals surface area contributed by atoms with Crippen molar-refractivity contribution in [3.05, 3.63) is 29.8 Å². The molecule has 114 valence electrons. The number of hydrogen-bond donors (Lipinski definition) is 2. The lowest BCUT2D eigenvalue weighted by atomic mass is 9.92. The van der Waals surface area contributed by atoms with Gasteiger partial charge in [-0.2, -0.15) is 0 Å². The maximum Gasteiger partial charge on any atom is 0.253 e. The molecule has 1 aromatic carbocycles. The number of anilines is 1. The minimum Gasteiger partial charge on any atom is -0.339 e. The summed E-state index contributed by atoms with van der Waals surface area (Å²) in [7, 11) is 0. The predicted molar refractivity (Wildman–Crippen MR) is 83.0 cm³/mol. The van der Waals surface area contributed by atoms with Crippen LogP contribution in [-0.4, -0.2) is 36.3 Å². The van der Waals surface area contributed by atoms with Crippen molar-refractivity contribution < 1.29 is 9.59 Å². The standard InChI is InChI=1S/C16H23N3O2/c1-16(2,11-17)15(21)18-13-7-5-12(6-8-13)14(20)19-9-3-4-10-19/h5-8H,3-4,9-11,17H2,1-2H3,(H,18,21). The Kier molecular flexibility index (Phi) is 4.63. The van der Waals surface area contributed by atoms with E-state index < -0.39 is 5.41 Å². The molecule has 0 spiro atoms. The molecule has 1 saturated heterocycles. The van der Waals surface area contributed by atoms with Crippen LogP contribution in [0.1, 0.15) is 37.0 Å². The van der Waals surface area contributed by atoms with Gasteiger partial charge >= 0.3 is 0 Å². The molecule has 2 rings (SSSR count). The number of nitrogens with two attached hydrogens (primary N) is 1. The molecule has 0 atom stereocenters. The Hall–Kier alpha value is -1.88. The van der Waals surface area contributed by atoms with Crippen LogP contribution in [-0.2, 0) is 4.79 Å². The van der Waals surface area contributed by atoms with E-state index in [-0.39, 0.29) is 18.4 Å². The lowest BCUT2D eigenvalue weighted by Gasteiger charge is -2.21. The van der Waals surface area contributed by atoms with Gasteiger partial charge < -0.3 is 16.0 Å².